The van der Waals surface area contributed by atoms with E-state index in [0.29, 0.717) is 19.3 Å². The van der Waals surface area contributed by atoms with E-state index < -0.39 is 29.3 Å². The van der Waals surface area contributed by atoms with Crippen LogP contribution in [-0.2, 0) is 43.0 Å². The van der Waals surface area contributed by atoms with E-state index in [2.05, 4.69) is 5.32 Å². The number of aromatic nitrogens is 1. The molecule has 212 valence electrons. The van der Waals surface area contributed by atoms with Crippen molar-refractivity contribution in [1.29, 1.82) is 0 Å². The Bertz CT molecular complexity index is 1410. The van der Waals surface area contributed by atoms with Crippen molar-refractivity contribution in [2.45, 2.75) is 97.5 Å². The van der Waals surface area contributed by atoms with E-state index in [0.717, 1.165) is 31.8 Å². The Morgan fingerprint density at radius 3 is 2.27 bits per heavy atom. The van der Waals surface area contributed by atoms with E-state index in [-0.39, 0.29) is 24.8 Å². The number of thiazole rings is 1. The average molecular weight is 563 g/mol. The number of fused-ring (bicyclic) bond motifs is 2. The summed E-state index contributed by atoms with van der Waals surface area (Å²) in [4.78, 5) is 31.6. The number of amides is 1. The predicted octanol–water partition coefficient (Wildman–Crippen LogP) is 5.12. The zero-order valence-electron chi connectivity index (χ0n) is 24.6. The number of carbonyl (C=O) groups excluding carboxylic acids is 2. The van der Waals surface area contributed by atoms with Gasteiger partial charge in [-0.05, 0) is 89.5 Å². The first kappa shape index (κ1) is 28.8. The van der Waals surface area contributed by atoms with Gasteiger partial charge in [0.2, 0.25) is 5.91 Å². The number of carbonyl (C=O) groups is 2. The molecule has 1 fully saturated rings. The fourth-order valence-corrected chi connectivity index (χ4v) is 6.18. The molecule has 5 rings (SSSR count). The lowest BCUT2D eigenvalue weighted by Gasteiger charge is -2.32. The van der Waals surface area contributed by atoms with Gasteiger partial charge in [-0.2, -0.15) is 0 Å². The number of nitrogens with one attached hydrogen (secondary N) is 1. The van der Waals surface area contributed by atoms with E-state index in [1.165, 1.54) is 0 Å². The Labute approximate surface area is 241 Å². The van der Waals surface area contributed by atoms with E-state index in [1.54, 1.807) is 11.3 Å². The maximum atomic E-state index is 13.8. The molecule has 0 spiro atoms. The lowest BCUT2D eigenvalue weighted by Crippen LogP contribution is -2.44. The van der Waals surface area contributed by atoms with Gasteiger partial charge in [0.05, 0.1) is 39.8 Å². The summed E-state index contributed by atoms with van der Waals surface area (Å²) in [6.45, 7) is 14.2. The Kier molecular flexibility index (Phi) is 7.38. The lowest BCUT2D eigenvalue weighted by molar-refractivity contribution is -0.161. The van der Waals surface area contributed by atoms with Gasteiger partial charge in [-0.25, -0.2) is 4.98 Å². The molecule has 1 aliphatic carbocycles. The third-order valence-corrected chi connectivity index (χ3v) is 9.80. The minimum absolute atomic E-state index is 0.0359. The molecule has 0 atom stereocenters. The number of rotatable bonds is 8. The molecule has 1 aliphatic heterocycles. The van der Waals surface area contributed by atoms with Crippen molar-refractivity contribution in [1.82, 2.24) is 10.3 Å². The number of hydrogen-bond acceptors (Lipinski definition) is 7. The molecule has 0 saturated carbocycles. The lowest BCUT2D eigenvalue weighted by atomic mass is 9.79. The fourth-order valence-electron chi connectivity index (χ4n) is 5.29. The zero-order chi connectivity index (χ0) is 28.9. The van der Waals surface area contributed by atoms with Crippen LogP contribution in [0.1, 0.15) is 77.4 Å². The molecule has 1 amide bonds. The van der Waals surface area contributed by atoms with Crippen molar-refractivity contribution in [2.75, 3.05) is 0 Å². The van der Waals surface area contributed by atoms with Gasteiger partial charge in [0.15, 0.2) is 0 Å². The van der Waals surface area contributed by atoms with E-state index >= 15 is 0 Å². The van der Waals surface area contributed by atoms with Crippen LogP contribution < -0.4 is 10.8 Å². The number of benzene rings is 2. The van der Waals surface area contributed by atoms with Crippen molar-refractivity contribution in [3.05, 3.63) is 58.6 Å². The zero-order valence-corrected chi connectivity index (χ0v) is 25.4. The van der Waals surface area contributed by atoms with Gasteiger partial charge >= 0.3 is 13.1 Å². The maximum Gasteiger partial charge on any atom is 0.494 e. The highest BCUT2D eigenvalue weighted by molar-refractivity contribution is 7.18. The van der Waals surface area contributed by atoms with Crippen LogP contribution in [0.25, 0.3) is 10.2 Å². The molecule has 40 heavy (non-hydrogen) atoms. The van der Waals surface area contributed by atoms with E-state index in [1.807, 2.05) is 90.9 Å². The van der Waals surface area contributed by atoms with Gasteiger partial charge in [0, 0.05) is 0 Å². The van der Waals surface area contributed by atoms with Crippen molar-refractivity contribution in [3.8, 4) is 0 Å². The standard InChI is InChI=1S/C31H39BN2O5S/c1-8-28(2,3)37-26(35)18-31(16-20-11-9-10-12-21(20)17-31)27(36)33-19-25-34-23-15-22(13-14-24(23)40-25)32-38-29(4,5)30(6,7)39-32/h9-15H,8,16-19H2,1-7H3,(H,33,36). The topological polar surface area (TPSA) is 86.8 Å². The Hall–Kier alpha value is -2.75. The summed E-state index contributed by atoms with van der Waals surface area (Å²) in [6.07, 6.45) is 1.75. The highest BCUT2D eigenvalue weighted by Gasteiger charge is 2.52. The van der Waals surface area contributed by atoms with Crippen LogP contribution in [-0.4, -0.2) is 40.8 Å². The monoisotopic (exact) mass is 562 g/mol. The van der Waals surface area contributed by atoms with Crippen molar-refractivity contribution in [2.24, 2.45) is 5.41 Å². The summed E-state index contributed by atoms with van der Waals surface area (Å²) in [7, 11) is -0.458. The molecule has 2 heterocycles. The molecule has 1 N–H and O–H groups in total. The molecule has 2 aliphatic rings. The molecule has 1 saturated heterocycles. The second-order valence-corrected chi connectivity index (χ2v) is 13.9. The summed E-state index contributed by atoms with van der Waals surface area (Å²) in [5.74, 6) is -0.489. The molecule has 9 heteroatoms. The Morgan fingerprint density at radius 1 is 1.05 bits per heavy atom. The van der Waals surface area contributed by atoms with Crippen molar-refractivity contribution >= 4 is 46.0 Å². The second-order valence-electron chi connectivity index (χ2n) is 12.8. The van der Waals surface area contributed by atoms with Crippen LogP contribution in [0.5, 0.6) is 0 Å². The minimum Gasteiger partial charge on any atom is -0.460 e. The summed E-state index contributed by atoms with van der Waals surface area (Å²) in [5.41, 5.74) is 1.69. The van der Waals surface area contributed by atoms with E-state index in [9.17, 15) is 9.59 Å². The molecule has 0 radical (unpaired) electrons. The van der Waals surface area contributed by atoms with Gasteiger partial charge < -0.3 is 19.4 Å². The molecule has 1 aromatic heterocycles. The molecule has 2 aromatic carbocycles. The molecule has 7 nitrogen and oxygen atoms in total. The highest BCUT2D eigenvalue weighted by atomic mass is 32.1. The molecule has 0 unspecified atom stereocenters. The number of hydrogen-bond donors (Lipinski definition) is 1. The third kappa shape index (κ3) is 5.56. The first-order valence-corrected chi connectivity index (χ1v) is 14.9. The first-order valence-electron chi connectivity index (χ1n) is 14.0. The minimum atomic E-state index is -0.884. The van der Waals surface area contributed by atoms with Gasteiger partial charge in [-0.3, -0.25) is 9.59 Å². The van der Waals surface area contributed by atoms with E-state index in [4.69, 9.17) is 19.0 Å². The molecular weight excluding hydrogens is 523 g/mol. The number of ether oxygens (including phenoxy) is 1. The number of esters is 1. The second kappa shape index (κ2) is 10.3. The SMILES string of the molecule is CCC(C)(C)OC(=O)CC1(C(=O)NCc2nc3cc(B4OC(C)(C)C(C)(C)O4)ccc3s2)Cc2ccccc2C1. The fraction of sp³-hybridized carbons (Fsp3) is 0.516. The third-order valence-electron chi connectivity index (χ3n) is 8.76. The summed E-state index contributed by atoms with van der Waals surface area (Å²) >= 11 is 1.54. The Morgan fingerprint density at radius 2 is 1.68 bits per heavy atom. The average Bonchev–Trinajstić information content (AvgIpc) is 3.52. The van der Waals surface area contributed by atoms with Crippen LogP contribution in [0, 0.1) is 5.41 Å². The van der Waals surface area contributed by atoms with Crippen LogP contribution >= 0.6 is 11.3 Å². The first-order chi connectivity index (χ1) is 18.7. The quantitative estimate of drug-likeness (QED) is 0.303. The maximum absolute atomic E-state index is 13.8. The largest absolute Gasteiger partial charge is 0.494 e. The van der Waals surface area contributed by atoms with Crippen LogP contribution in [0.2, 0.25) is 0 Å². The van der Waals surface area contributed by atoms with Gasteiger partial charge in [-0.1, -0.05) is 37.3 Å². The molecular formula is C31H39BN2O5S. The molecule has 3 aromatic rings. The van der Waals surface area contributed by atoms with Crippen LogP contribution in [0.4, 0.5) is 0 Å². The van der Waals surface area contributed by atoms with Crippen molar-refractivity contribution in [3.63, 3.8) is 0 Å². The number of nitrogens with zero attached hydrogens (tertiary/aromatic N) is 1. The Balaban J connectivity index is 1.31. The van der Waals surface area contributed by atoms with Gasteiger partial charge in [-0.15, -0.1) is 11.3 Å². The smallest absolute Gasteiger partial charge is 0.460 e. The summed E-state index contributed by atoms with van der Waals surface area (Å²) < 4.78 is 19.2. The highest BCUT2D eigenvalue weighted by Crippen LogP contribution is 2.41. The molecule has 0 bridgehead atoms. The normalized spacial score (nSPS) is 19.0. The summed E-state index contributed by atoms with van der Waals surface area (Å²) in [5, 5.41) is 3.90. The summed E-state index contributed by atoms with van der Waals surface area (Å²) in [6, 6.07) is 14.1. The van der Waals surface area contributed by atoms with Crippen LogP contribution in [0.3, 0.4) is 0 Å². The van der Waals surface area contributed by atoms with Gasteiger partial charge in [0.1, 0.15) is 10.6 Å². The van der Waals surface area contributed by atoms with Crippen molar-refractivity contribution < 1.29 is 23.6 Å². The predicted molar refractivity (Wildman–Crippen MR) is 159 cm³/mol. The van der Waals surface area contributed by atoms with Crippen LogP contribution in [0.15, 0.2) is 42.5 Å². The van der Waals surface area contributed by atoms with Gasteiger partial charge in [0.25, 0.3) is 0 Å².